The van der Waals surface area contributed by atoms with Crippen molar-refractivity contribution in [2.24, 2.45) is 11.8 Å². The van der Waals surface area contributed by atoms with Gasteiger partial charge in [0.15, 0.2) is 0 Å². The molecule has 0 saturated carbocycles. The first-order chi connectivity index (χ1) is 10.6. The quantitative estimate of drug-likeness (QED) is 0.929. The summed E-state index contributed by atoms with van der Waals surface area (Å²) in [6, 6.07) is 4.14. The lowest BCUT2D eigenvalue weighted by atomic mass is 9.92. The number of carbonyl (C=O) groups excluding carboxylic acids is 1. The number of nitrogens with zero attached hydrogens (tertiary/aromatic N) is 2. The van der Waals surface area contributed by atoms with Gasteiger partial charge in [0.2, 0.25) is 0 Å². The van der Waals surface area contributed by atoms with E-state index in [4.69, 9.17) is 4.74 Å². The van der Waals surface area contributed by atoms with Crippen molar-refractivity contribution in [2.45, 2.75) is 39.2 Å². The molecule has 0 spiro atoms. The van der Waals surface area contributed by atoms with Gasteiger partial charge in [-0.3, -0.25) is 4.90 Å². The number of amides is 1. The SMILES string of the molecule is CC(C)[C@H]1COC(=O)N1c1ccc(CC2CCNCC2)cn1. The molecule has 1 aromatic rings. The van der Waals surface area contributed by atoms with Gasteiger partial charge in [0.1, 0.15) is 12.4 Å². The van der Waals surface area contributed by atoms with E-state index in [2.05, 4.69) is 30.2 Å². The van der Waals surface area contributed by atoms with E-state index in [1.54, 1.807) is 4.90 Å². The van der Waals surface area contributed by atoms with E-state index in [1.807, 2.05) is 12.3 Å². The molecule has 2 fully saturated rings. The molecule has 1 aromatic heterocycles. The molecule has 0 aromatic carbocycles. The molecular formula is C17H25N3O2. The number of anilines is 1. The van der Waals surface area contributed by atoms with Gasteiger partial charge in [0.05, 0.1) is 6.04 Å². The van der Waals surface area contributed by atoms with Gasteiger partial charge >= 0.3 is 6.09 Å². The van der Waals surface area contributed by atoms with Crippen LogP contribution in [0.1, 0.15) is 32.3 Å². The molecule has 0 aliphatic carbocycles. The van der Waals surface area contributed by atoms with Crippen LogP contribution >= 0.6 is 0 Å². The minimum atomic E-state index is -0.280. The van der Waals surface area contributed by atoms with Crippen molar-refractivity contribution in [2.75, 3.05) is 24.6 Å². The number of pyridine rings is 1. The van der Waals surface area contributed by atoms with Crippen LogP contribution in [0, 0.1) is 11.8 Å². The van der Waals surface area contributed by atoms with Crippen LogP contribution in [0.4, 0.5) is 10.6 Å². The van der Waals surface area contributed by atoms with Crippen molar-refractivity contribution >= 4 is 11.9 Å². The van der Waals surface area contributed by atoms with Crippen molar-refractivity contribution in [3.05, 3.63) is 23.9 Å². The molecule has 3 heterocycles. The Labute approximate surface area is 132 Å². The Balaban J connectivity index is 1.69. The minimum Gasteiger partial charge on any atom is -0.447 e. The predicted octanol–water partition coefficient (Wildman–Crippen LogP) is 2.60. The standard InChI is InChI=1S/C17H25N3O2/c1-12(2)15-11-22-17(21)20(15)16-4-3-14(10-19-16)9-13-5-7-18-8-6-13/h3-4,10,12-13,15,18H,5-9,11H2,1-2H3/t15-/m1/s1. The van der Waals surface area contributed by atoms with Gasteiger partial charge in [-0.25, -0.2) is 9.78 Å². The van der Waals surface area contributed by atoms with Crippen LogP contribution < -0.4 is 10.2 Å². The van der Waals surface area contributed by atoms with Crippen LogP contribution in [-0.2, 0) is 11.2 Å². The summed E-state index contributed by atoms with van der Waals surface area (Å²) in [5, 5.41) is 3.39. The number of hydrogen-bond donors (Lipinski definition) is 1. The van der Waals surface area contributed by atoms with Crippen molar-refractivity contribution < 1.29 is 9.53 Å². The second-order valence-electron chi connectivity index (χ2n) is 6.68. The number of nitrogens with one attached hydrogen (secondary N) is 1. The Hall–Kier alpha value is -1.62. The fourth-order valence-electron chi connectivity index (χ4n) is 3.29. The zero-order valence-electron chi connectivity index (χ0n) is 13.4. The number of carbonyl (C=O) groups is 1. The first-order valence-corrected chi connectivity index (χ1v) is 8.27. The number of rotatable bonds is 4. The van der Waals surface area contributed by atoms with Crippen LogP contribution in [0.3, 0.4) is 0 Å². The van der Waals surface area contributed by atoms with Crippen molar-refractivity contribution in [1.82, 2.24) is 10.3 Å². The molecular weight excluding hydrogens is 278 g/mol. The molecule has 0 bridgehead atoms. The first kappa shape index (κ1) is 15.3. The maximum absolute atomic E-state index is 11.9. The summed E-state index contributed by atoms with van der Waals surface area (Å²) in [6.07, 6.45) is 5.18. The van der Waals surface area contributed by atoms with E-state index in [0.29, 0.717) is 18.3 Å². The summed E-state index contributed by atoms with van der Waals surface area (Å²) in [6.45, 7) is 6.89. The second-order valence-corrected chi connectivity index (χ2v) is 6.68. The summed E-state index contributed by atoms with van der Waals surface area (Å²) in [5.41, 5.74) is 1.25. The average molecular weight is 303 g/mol. The molecule has 1 atom stereocenters. The maximum atomic E-state index is 11.9. The molecule has 3 rings (SSSR count). The van der Waals surface area contributed by atoms with Gasteiger partial charge in [-0.2, -0.15) is 0 Å². The molecule has 0 unspecified atom stereocenters. The van der Waals surface area contributed by atoms with Gasteiger partial charge in [0, 0.05) is 6.20 Å². The Kier molecular flexibility index (Phi) is 4.62. The second kappa shape index (κ2) is 6.65. The lowest BCUT2D eigenvalue weighted by molar-refractivity contribution is 0.177. The molecule has 2 aliphatic rings. The van der Waals surface area contributed by atoms with E-state index < -0.39 is 0 Å². The smallest absolute Gasteiger partial charge is 0.415 e. The first-order valence-electron chi connectivity index (χ1n) is 8.27. The topological polar surface area (TPSA) is 54.5 Å². The van der Waals surface area contributed by atoms with Crippen LogP contribution in [0.15, 0.2) is 18.3 Å². The van der Waals surface area contributed by atoms with E-state index in [1.165, 1.54) is 18.4 Å². The Morgan fingerprint density at radius 3 is 2.77 bits per heavy atom. The molecule has 120 valence electrons. The number of aromatic nitrogens is 1. The van der Waals surface area contributed by atoms with Crippen molar-refractivity contribution in [3.8, 4) is 0 Å². The molecule has 0 radical (unpaired) electrons. The Morgan fingerprint density at radius 2 is 2.14 bits per heavy atom. The normalized spacial score (nSPS) is 23.1. The molecule has 5 nitrogen and oxygen atoms in total. The Morgan fingerprint density at radius 1 is 1.36 bits per heavy atom. The fourth-order valence-corrected chi connectivity index (χ4v) is 3.29. The highest BCUT2D eigenvalue weighted by molar-refractivity contribution is 5.89. The lowest BCUT2D eigenvalue weighted by Crippen LogP contribution is -2.37. The number of cyclic esters (lactones) is 1. The van der Waals surface area contributed by atoms with Crippen molar-refractivity contribution in [1.29, 1.82) is 0 Å². The third-order valence-electron chi connectivity index (χ3n) is 4.71. The van der Waals surface area contributed by atoms with E-state index >= 15 is 0 Å². The molecule has 1 amide bonds. The molecule has 22 heavy (non-hydrogen) atoms. The monoisotopic (exact) mass is 303 g/mol. The lowest BCUT2D eigenvalue weighted by Gasteiger charge is -2.24. The fraction of sp³-hybridized carbons (Fsp3) is 0.647. The highest BCUT2D eigenvalue weighted by Gasteiger charge is 2.36. The average Bonchev–Trinajstić information content (AvgIpc) is 2.91. The summed E-state index contributed by atoms with van der Waals surface area (Å²) in [7, 11) is 0. The van der Waals surface area contributed by atoms with Crippen LogP contribution in [0.25, 0.3) is 0 Å². The largest absolute Gasteiger partial charge is 0.447 e. The number of hydrogen-bond acceptors (Lipinski definition) is 4. The highest BCUT2D eigenvalue weighted by Crippen LogP contribution is 2.26. The molecule has 1 N–H and O–H groups in total. The molecule has 5 heteroatoms. The van der Waals surface area contributed by atoms with Crippen molar-refractivity contribution in [3.63, 3.8) is 0 Å². The van der Waals surface area contributed by atoms with E-state index in [0.717, 1.165) is 25.4 Å². The minimum absolute atomic E-state index is 0.0790. The third-order valence-corrected chi connectivity index (χ3v) is 4.71. The predicted molar refractivity (Wildman–Crippen MR) is 86.0 cm³/mol. The summed E-state index contributed by atoms with van der Waals surface area (Å²) < 4.78 is 5.19. The third kappa shape index (κ3) is 3.24. The van der Waals surface area contributed by atoms with Gasteiger partial charge in [-0.05, 0) is 55.8 Å². The number of piperidine rings is 1. The van der Waals surface area contributed by atoms with E-state index in [9.17, 15) is 4.79 Å². The van der Waals surface area contributed by atoms with Gasteiger partial charge in [0.25, 0.3) is 0 Å². The van der Waals surface area contributed by atoms with Crippen LogP contribution in [-0.4, -0.2) is 36.8 Å². The van der Waals surface area contributed by atoms with E-state index in [-0.39, 0.29) is 12.1 Å². The maximum Gasteiger partial charge on any atom is 0.415 e. The molecule has 2 saturated heterocycles. The highest BCUT2D eigenvalue weighted by atomic mass is 16.6. The summed E-state index contributed by atoms with van der Waals surface area (Å²) in [4.78, 5) is 18.2. The summed E-state index contributed by atoms with van der Waals surface area (Å²) in [5.74, 6) is 1.80. The number of ether oxygens (including phenoxy) is 1. The van der Waals surface area contributed by atoms with Gasteiger partial charge in [-0.15, -0.1) is 0 Å². The zero-order chi connectivity index (χ0) is 15.5. The van der Waals surface area contributed by atoms with Crippen LogP contribution in [0.2, 0.25) is 0 Å². The summed E-state index contributed by atoms with van der Waals surface area (Å²) >= 11 is 0. The Bertz CT molecular complexity index is 509. The zero-order valence-corrected chi connectivity index (χ0v) is 13.4. The molecule has 2 aliphatic heterocycles. The van der Waals surface area contributed by atoms with Gasteiger partial charge in [-0.1, -0.05) is 19.9 Å². The van der Waals surface area contributed by atoms with Gasteiger partial charge < -0.3 is 10.1 Å². The van der Waals surface area contributed by atoms with Crippen LogP contribution in [0.5, 0.6) is 0 Å².